The fraction of sp³-hybridized carbons (Fsp3) is 0.500. The summed E-state index contributed by atoms with van der Waals surface area (Å²) in [6, 6.07) is 6.50. The maximum absolute atomic E-state index is 12.7. The smallest absolute Gasteiger partial charge is 0.307 e. The third kappa shape index (κ3) is 3.24. The molecule has 1 aliphatic heterocycles. The molecule has 130 valence electrons. The van der Waals surface area contributed by atoms with E-state index in [-0.39, 0.29) is 22.9 Å². The molecule has 0 aromatic heterocycles. The molecule has 7 nitrogen and oxygen atoms in total. The molecule has 8 heteroatoms. The molecule has 1 aromatic rings. The minimum Gasteiger partial charge on any atom is -0.481 e. The Morgan fingerprint density at radius 2 is 1.88 bits per heavy atom. The van der Waals surface area contributed by atoms with E-state index in [0.717, 1.165) is 6.26 Å². The summed E-state index contributed by atoms with van der Waals surface area (Å²) < 4.78 is 25.3. The summed E-state index contributed by atoms with van der Waals surface area (Å²) in [6.07, 6.45) is 3.09. The number of anilines is 1. The second-order valence-corrected chi connectivity index (χ2v) is 8.42. The molecular weight excluding hydrogens is 332 g/mol. The highest BCUT2D eigenvalue weighted by Gasteiger charge is 2.59. The molecule has 1 aromatic carbocycles. The third-order valence-corrected chi connectivity index (χ3v) is 5.58. The number of aliphatic carboxylic acids is 1. The van der Waals surface area contributed by atoms with Gasteiger partial charge in [-0.3, -0.25) is 14.3 Å². The van der Waals surface area contributed by atoms with Crippen molar-refractivity contribution in [2.24, 2.45) is 11.3 Å². The minimum atomic E-state index is -3.48. The van der Waals surface area contributed by atoms with Crippen LogP contribution >= 0.6 is 0 Å². The Bertz CT molecular complexity index is 781. The molecule has 1 spiro atoms. The van der Waals surface area contributed by atoms with Crippen LogP contribution in [0.5, 0.6) is 0 Å². The number of rotatable bonds is 4. The van der Waals surface area contributed by atoms with Crippen molar-refractivity contribution in [3.05, 3.63) is 29.8 Å². The molecule has 1 heterocycles. The second-order valence-electron chi connectivity index (χ2n) is 6.67. The lowest BCUT2D eigenvalue weighted by atomic mass is 9.90. The zero-order valence-corrected chi connectivity index (χ0v) is 14.2. The summed E-state index contributed by atoms with van der Waals surface area (Å²) >= 11 is 0. The SMILES string of the molecule is CS(=O)(=O)Nc1ccccc1C(=O)N1CCC2(CC1)CC2C(=O)O. The Balaban J connectivity index is 1.72. The molecule has 2 N–H and O–H groups in total. The third-order valence-electron chi connectivity index (χ3n) is 4.99. The van der Waals surface area contributed by atoms with Crippen molar-refractivity contribution in [3.8, 4) is 0 Å². The van der Waals surface area contributed by atoms with E-state index in [2.05, 4.69) is 4.72 Å². The van der Waals surface area contributed by atoms with Gasteiger partial charge < -0.3 is 10.0 Å². The van der Waals surface area contributed by atoms with Gasteiger partial charge in [-0.05, 0) is 36.8 Å². The number of carbonyl (C=O) groups excluding carboxylic acids is 1. The number of piperidine rings is 1. The Labute approximate surface area is 140 Å². The summed E-state index contributed by atoms with van der Waals surface area (Å²) in [5, 5.41) is 9.12. The number of likely N-dealkylation sites (tertiary alicyclic amines) is 1. The lowest BCUT2D eigenvalue weighted by Crippen LogP contribution is -2.40. The largest absolute Gasteiger partial charge is 0.481 e. The summed E-state index contributed by atoms with van der Waals surface area (Å²) in [4.78, 5) is 25.5. The van der Waals surface area contributed by atoms with Crippen LogP contribution in [0.4, 0.5) is 5.69 Å². The number of para-hydroxylation sites is 1. The number of nitrogens with one attached hydrogen (secondary N) is 1. The van der Waals surface area contributed by atoms with Gasteiger partial charge in [0.2, 0.25) is 10.0 Å². The van der Waals surface area contributed by atoms with E-state index in [0.29, 0.717) is 37.9 Å². The normalized spacial score (nSPS) is 22.2. The maximum atomic E-state index is 12.7. The van der Waals surface area contributed by atoms with Crippen molar-refractivity contribution >= 4 is 27.6 Å². The lowest BCUT2D eigenvalue weighted by Gasteiger charge is -2.33. The Kier molecular flexibility index (Phi) is 4.03. The number of sulfonamides is 1. The summed E-state index contributed by atoms with van der Waals surface area (Å²) in [6.45, 7) is 0.992. The summed E-state index contributed by atoms with van der Waals surface area (Å²) in [5.41, 5.74) is 0.428. The van der Waals surface area contributed by atoms with Crippen LogP contribution in [0, 0.1) is 11.3 Å². The van der Waals surface area contributed by atoms with Crippen molar-refractivity contribution in [1.29, 1.82) is 0 Å². The van der Waals surface area contributed by atoms with Gasteiger partial charge in [-0.1, -0.05) is 12.1 Å². The number of hydrogen-bond acceptors (Lipinski definition) is 4. The number of carboxylic acids is 1. The predicted molar refractivity (Wildman–Crippen MR) is 88.2 cm³/mol. The van der Waals surface area contributed by atoms with Crippen molar-refractivity contribution < 1.29 is 23.1 Å². The van der Waals surface area contributed by atoms with Crippen molar-refractivity contribution in [1.82, 2.24) is 4.90 Å². The number of carboxylic acid groups (broad SMARTS) is 1. The van der Waals surface area contributed by atoms with Crippen LogP contribution in [0.15, 0.2) is 24.3 Å². The Morgan fingerprint density at radius 3 is 2.42 bits per heavy atom. The zero-order chi connectivity index (χ0) is 17.5. The monoisotopic (exact) mass is 352 g/mol. The van der Waals surface area contributed by atoms with Crippen LogP contribution in [0.1, 0.15) is 29.6 Å². The van der Waals surface area contributed by atoms with Crippen molar-refractivity contribution in [2.45, 2.75) is 19.3 Å². The number of amides is 1. The van der Waals surface area contributed by atoms with Gasteiger partial charge in [-0.15, -0.1) is 0 Å². The number of carbonyl (C=O) groups is 2. The van der Waals surface area contributed by atoms with E-state index in [4.69, 9.17) is 5.11 Å². The van der Waals surface area contributed by atoms with Crippen LogP contribution < -0.4 is 4.72 Å². The van der Waals surface area contributed by atoms with Gasteiger partial charge in [-0.2, -0.15) is 0 Å². The van der Waals surface area contributed by atoms with Gasteiger partial charge in [0.1, 0.15) is 0 Å². The topological polar surface area (TPSA) is 104 Å². The first-order valence-corrected chi connectivity index (χ1v) is 9.70. The highest BCUT2D eigenvalue weighted by atomic mass is 32.2. The minimum absolute atomic E-state index is 0.146. The average Bonchev–Trinajstić information content (AvgIpc) is 3.20. The molecule has 1 saturated heterocycles. The Hall–Kier alpha value is -2.09. The van der Waals surface area contributed by atoms with Gasteiger partial charge >= 0.3 is 5.97 Å². The molecule has 24 heavy (non-hydrogen) atoms. The number of nitrogens with zero attached hydrogens (tertiary/aromatic N) is 1. The van der Waals surface area contributed by atoms with E-state index < -0.39 is 16.0 Å². The van der Waals surface area contributed by atoms with Gasteiger partial charge in [0.05, 0.1) is 23.4 Å². The van der Waals surface area contributed by atoms with Gasteiger partial charge in [-0.25, -0.2) is 8.42 Å². The first kappa shape index (κ1) is 16.8. The number of benzene rings is 1. The molecule has 1 saturated carbocycles. The molecule has 0 bridgehead atoms. The standard InChI is InChI=1S/C16H20N2O5S/c1-24(22,23)17-13-5-3-2-4-11(13)14(19)18-8-6-16(7-9-18)10-12(16)15(20)21/h2-5,12,17H,6-10H2,1H3,(H,20,21). The molecule has 1 amide bonds. The van der Waals surface area contributed by atoms with Crippen molar-refractivity contribution in [2.75, 3.05) is 24.1 Å². The average molecular weight is 352 g/mol. The van der Waals surface area contributed by atoms with Gasteiger partial charge in [0.25, 0.3) is 5.91 Å². The van der Waals surface area contributed by atoms with Crippen LogP contribution in [0.2, 0.25) is 0 Å². The summed E-state index contributed by atoms with van der Waals surface area (Å²) in [7, 11) is -3.48. The molecular formula is C16H20N2O5S. The molecule has 2 fully saturated rings. The fourth-order valence-corrected chi connectivity index (χ4v) is 4.11. The van der Waals surface area contributed by atoms with Crippen LogP contribution in [0.3, 0.4) is 0 Å². The first-order valence-electron chi connectivity index (χ1n) is 7.81. The number of hydrogen-bond donors (Lipinski definition) is 2. The summed E-state index contributed by atoms with van der Waals surface area (Å²) in [5.74, 6) is -1.27. The van der Waals surface area contributed by atoms with E-state index in [1.54, 1.807) is 29.2 Å². The van der Waals surface area contributed by atoms with Crippen LogP contribution in [0.25, 0.3) is 0 Å². The molecule has 2 aliphatic rings. The fourth-order valence-electron chi connectivity index (χ4n) is 3.53. The molecule has 3 rings (SSSR count). The first-order chi connectivity index (χ1) is 11.2. The molecule has 0 radical (unpaired) electrons. The van der Waals surface area contributed by atoms with Gasteiger partial charge in [0.15, 0.2) is 0 Å². The molecule has 1 unspecified atom stereocenters. The van der Waals surface area contributed by atoms with Crippen molar-refractivity contribution in [3.63, 3.8) is 0 Å². The Morgan fingerprint density at radius 1 is 1.25 bits per heavy atom. The van der Waals surface area contributed by atoms with Crippen LogP contribution in [-0.4, -0.2) is 49.6 Å². The lowest BCUT2D eigenvalue weighted by molar-refractivity contribution is -0.139. The predicted octanol–water partition coefficient (Wildman–Crippen LogP) is 1.38. The second kappa shape index (κ2) is 5.77. The molecule has 1 atom stereocenters. The zero-order valence-electron chi connectivity index (χ0n) is 13.4. The maximum Gasteiger partial charge on any atom is 0.307 e. The van der Waals surface area contributed by atoms with E-state index >= 15 is 0 Å². The van der Waals surface area contributed by atoms with Crippen LogP contribution in [-0.2, 0) is 14.8 Å². The van der Waals surface area contributed by atoms with Gasteiger partial charge in [0, 0.05) is 13.1 Å². The highest BCUT2D eigenvalue weighted by molar-refractivity contribution is 7.92. The molecule has 1 aliphatic carbocycles. The van der Waals surface area contributed by atoms with E-state index in [9.17, 15) is 18.0 Å². The van der Waals surface area contributed by atoms with E-state index in [1.165, 1.54) is 0 Å². The van der Waals surface area contributed by atoms with E-state index in [1.807, 2.05) is 0 Å². The highest BCUT2D eigenvalue weighted by Crippen LogP contribution is 2.59. The quantitative estimate of drug-likeness (QED) is 0.852.